The molecular formula is C20H23NO4. The van der Waals surface area contributed by atoms with Crippen LogP contribution in [0.25, 0.3) is 0 Å². The number of carbonyl (C=O) groups excluding carboxylic acids is 2. The molecule has 5 nitrogen and oxygen atoms in total. The number of esters is 1. The van der Waals surface area contributed by atoms with E-state index in [1.807, 2.05) is 0 Å². The number of unbranched alkanes of at least 4 members (excludes halogenated alkanes) is 4. The average Bonchev–Trinajstić information content (AvgIpc) is 2.65. The maximum atomic E-state index is 12.1. The summed E-state index contributed by atoms with van der Waals surface area (Å²) in [5, 5.41) is 0. The number of aldehydes is 1. The highest BCUT2D eigenvalue weighted by Crippen LogP contribution is 2.16. The van der Waals surface area contributed by atoms with Gasteiger partial charge in [-0.3, -0.25) is 4.79 Å². The molecule has 0 unspecified atom stereocenters. The number of nitrogens with zero attached hydrogens (tertiary/aromatic N) is 1. The Kier molecular flexibility index (Phi) is 7.63. The van der Waals surface area contributed by atoms with Crippen molar-refractivity contribution in [1.82, 2.24) is 4.98 Å². The molecule has 132 valence electrons. The second-order valence-corrected chi connectivity index (χ2v) is 5.71. The van der Waals surface area contributed by atoms with E-state index in [4.69, 9.17) is 9.47 Å². The van der Waals surface area contributed by atoms with Gasteiger partial charge in [-0.1, -0.05) is 32.6 Å². The van der Waals surface area contributed by atoms with E-state index in [0.29, 0.717) is 24.2 Å². The maximum Gasteiger partial charge on any atom is 0.343 e. The van der Waals surface area contributed by atoms with Crippen molar-refractivity contribution in [3.63, 3.8) is 0 Å². The van der Waals surface area contributed by atoms with Crippen molar-refractivity contribution in [1.29, 1.82) is 0 Å². The molecule has 2 aromatic rings. The summed E-state index contributed by atoms with van der Waals surface area (Å²) in [7, 11) is 0. The standard InChI is InChI=1S/C20H23NO4/c1-2-3-4-5-6-13-24-18-10-7-16(8-11-18)20(23)25-19-12-9-17(15-22)21-14-19/h7-12,14-15H,2-6,13H2,1H3. The van der Waals surface area contributed by atoms with Crippen molar-refractivity contribution in [2.45, 2.75) is 39.0 Å². The van der Waals surface area contributed by atoms with Crippen LogP contribution in [-0.2, 0) is 0 Å². The van der Waals surface area contributed by atoms with Gasteiger partial charge < -0.3 is 9.47 Å². The van der Waals surface area contributed by atoms with E-state index in [1.165, 1.54) is 44.0 Å². The monoisotopic (exact) mass is 341 g/mol. The molecule has 0 bridgehead atoms. The Morgan fingerprint density at radius 2 is 1.72 bits per heavy atom. The molecule has 0 radical (unpaired) electrons. The van der Waals surface area contributed by atoms with Crippen molar-refractivity contribution in [2.75, 3.05) is 6.61 Å². The lowest BCUT2D eigenvalue weighted by atomic mass is 10.2. The molecule has 0 saturated carbocycles. The van der Waals surface area contributed by atoms with Crippen LogP contribution in [0.4, 0.5) is 0 Å². The molecule has 1 aromatic heterocycles. The van der Waals surface area contributed by atoms with E-state index in [2.05, 4.69) is 11.9 Å². The van der Waals surface area contributed by atoms with Crippen LogP contribution in [0.5, 0.6) is 11.5 Å². The normalized spacial score (nSPS) is 10.3. The van der Waals surface area contributed by atoms with Crippen LogP contribution in [0, 0.1) is 0 Å². The van der Waals surface area contributed by atoms with E-state index >= 15 is 0 Å². The first-order chi connectivity index (χ1) is 12.2. The highest BCUT2D eigenvalue weighted by Gasteiger charge is 2.09. The number of benzene rings is 1. The van der Waals surface area contributed by atoms with E-state index in [-0.39, 0.29) is 5.69 Å². The zero-order valence-electron chi connectivity index (χ0n) is 14.4. The zero-order valence-corrected chi connectivity index (χ0v) is 14.4. The predicted molar refractivity (Wildman–Crippen MR) is 95.3 cm³/mol. The molecule has 0 aliphatic heterocycles. The summed E-state index contributed by atoms with van der Waals surface area (Å²) in [6, 6.07) is 9.88. The molecule has 1 heterocycles. The number of pyridine rings is 1. The van der Waals surface area contributed by atoms with Gasteiger partial charge in [-0.05, 0) is 42.8 Å². The summed E-state index contributed by atoms with van der Waals surface area (Å²) in [4.78, 5) is 26.5. The SMILES string of the molecule is CCCCCCCOc1ccc(C(=O)Oc2ccc(C=O)nc2)cc1. The van der Waals surface area contributed by atoms with Gasteiger partial charge in [-0.15, -0.1) is 0 Å². The van der Waals surface area contributed by atoms with Gasteiger partial charge in [0, 0.05) is 0 Å². The van der Waals surface area contributed by atoms with Crippen LogP contribution < -0.4 is 9.47 Å². The van der Waals surface area contributed by atoms with Gasteiger partial charge in [-0.2, -0.15) is 0 Å². The van der Waals surface area contributed by atoms with Crippen molar-refractivity contribution < 1.29 is 19.1 Å². The van der Waals surface area contributed by atoms with Crippen molar-refractivity contribution >= 4 is 12.3 Å². The number of aromatic nitrogens is 1. The lowest BCUT2D eigenvalue weighted by Gasteiger charge is -2.07. The van der Waals surface area contributed by atoms with Crippen molar-refractivity contribution in [2.24, 2.45) is 0 Å². The summed E-state index contributed by atoms with van der Waals surface area (Å²) in [5.41, 5.74) is 0.714. The largest absolute Gasteiger partial charge is 0.494 e. The summed E-state index contributed by atoms with van der Waals surface area (Å²) in [6.45, 7) is 2.88. The summed E-state index contributed by atoms with van der Waals surface area (Å²) in [5.74, 6) is 0.554. The van der Waals surface area contributed by atoms with E-state index in [1.54, 1.807) is 24.3 Å². The Bertz CT molecular complexity index is 665. The minimum Gasteiger partial charge on any atom is -0.494 e. The fourth-order valence-corrected chi connectivity index (χ4v) is 2.27. The predicted octanol–water partition coefficient (Wildman–Crippen LogP) is 4.46. The minimum absolute atomic E-state index is 0.288. The molecule has 0 spiro atoms. The number of rotatable bonds is 10. The first-order valence-corrected chi connectivity index (χ1v) is 8.59. The van der Waals surface area contributed by atoms with Gasteiger partial charge in [0.05, 0.1) is 18.4 Å². The highest BCUT2D eigenvalue weighted by molar-refractivity contribution is 5.91. The fraction of sp³-hybridized carbons (Fsp3) is 0.350. The molecule has 0 saturated heterocycles. The molecular weight excluding hydrogens is 318 g/mol. The van der Waals surface area contributed by atoms with E-state index in [9.17, 15) is 9.59 Å². The van der Waals surface area contributed by atoms with E-state index in [0.717, 1.165) is 12.2 Å². The molecule has 2 rings (SSSR count). The van der Waals surface area contributed by atoms with E-state index < -0.39 is 5.97 Å². The molecule has 1 aromatic carbocycles. The Balaban J connectivity index is 1.79. The molecule has 25 heavy (non-hydrogen) atoms. The lowest BCUT2D eigenvalue weighted by molar-refractivity contribution is 0.0734. The van der Waals surface area contributed by atoms with Gasteiger partial charge >= 0.3 is 5.97 Å². The maximum absolute atomic E-state index is 12.1. The van der Waals surface area contributed by atoms with Gasteiger partial charge in [0.2, 0.25) is 0 Å². The van der Waals surface area contributed by atoms with Crippen LogP contribution in [0.2, 0.25) is 0 Å². The lowest BCUT2D eigenvalue weighted by Crippen LogP contribution is -2.08. The molecule has 5 heteroatoms. The van der Waals surface area contributed by atoms with Crippen LogP contribution in [0.3, 0.4) is 0 Å². The second-order valence-electron chi connectivity index (χ2n) is 5.71. The van der Waals surface area contributed by atoms with Gasteiger partial charge in [0.15, 0.2) is 6.29 Å². The van der Waals surface area contributed by atoms with Gasteiger partial charge in [0.25, 0.3) is 0 Å². The molecule has 0 amide bonds. The Hall–Kier alpha value is -2.69. The quantitative estimate of drug-likeness (QED) is 0.362. The Labute approximate surface area is 148 Å². The Morgan fingerprint density at radius 1 is 1.00 bits per heavy atom. The molecule has 0 fully saturated rings. The van der Waals surface area contributed by atoms with Crippen LogP contribution in [-0.4, -0.2) is 23.8 Å². The average molecular weight is 341 g/mol. The topological polar surface area (TPSA) is 65.5 Å². The fourth-order valence-electron chi connectivity index (χ4n) is 2.27. The highest BCUT2D eigenvalue weighted by atomic mass is 16.5. The third kappa shape index (κ3) is 6.37. The minimum atomic E-state index is -0.480. The number of hydrogen-bond acceptors (Lipinski definition) is 5. The molecule has 0 N–H and O–H groups in total. The summed E-state index contributed by atoms with van der Waals surface area (Å²) in [6.07, 6.45) is 7.93. The number of ether oxygens (including phenoxy) is 2. The van der Waals surface area contributed by atoms with Crippen LogP contribution >= 0.6 is 0 Å². The third-order valence-electron chi connectivity index (χ3n) is 3.70. The summed E-state index contributed by atoms with van der Waals surface area (Å²) >= 11 is 0. The van der Waals surface area contributed by atoms with Gasteiger partial charge in [0.1, 0.15) is 17.2 Å². The first kappa shape index (κ1) is 18.6. The second kappa shape index (κ2) is 10.2. The molecule has 0 atom stereocenters. The molecule has 0 aliphatic carbocycles. The first-order valence-electron chi connectivity index (χ1n) is 8.59. The van der Waals surface area contributed by atoms with Crippen LogP contribution in [0.1, 0.15) is 59.9 Å². The zero-order chi connectivity index (χ0) is 17.9. The Morgan fingerprint density at radius 3 is 2.36 bits per heavy atom. The number of hydrogen-bond donors (Lipinski definition) is 0. The number of carbonyl (C=O) groups is 2. The third-order valence-corrected chi connectivity index (χ3v) is 3.70. The smallest absolute Gasteiger partial charge is 0.343 e. The summed E-state index contributed by atoms with van der Waals surface area (Å²) < 4.78 is 10.9. The van der Waals surface area contributed by atoms with Crippen molar-refractivity contribution in [3.05, 3.63) is 53.9 Å². The van der Waals surface area contributed by atoms with Gasteiger partial charge in [-0.25, -0.2) is 9.78 Å². The van der Waals surface area contributed by atoms with Crippen molar-refractivity contribution in [3.8, 4) is 11.5 Å². The van der Waals surface area contributed by atoms with Crippen LogP contribution in [0.15, 0.2) is 42.6 Å². The molecule has 0 aliphatic rings.